The number of aliphatic hydroxyl groups excluding tert-OH is 1. The third-order valence-electron chi connectivity index (χ3n) is 3.29. The van der Waals surface area contributed by atoms with E-state index in [4.69, 9.17) is 10.2 Å². The van der Waals surface area contributed by atoms with E-state index in [2.05, 4.69) is 6.07 Å². The summed E-state index contributed by atoms with van der Waals surface area (Å²) in [4.78, 5) is 0. The van der Waals surface area contributed by atoms with E-state index in [-0.39, 0.29) is 0 Å². The summed E-state index contributed by atoms with van der Waals surface area (Å²) in [7, 11) is 0. The molecule has 0 radical (unpaired) electrons. The average molecular weight is 206 g/mol. The van der Waals surface area contributed by atoms with Crippen molar-refractivity contribution in [1.82, 2.24) is 0 Å². The van der Waals surface area contributed by atoms with Crippen molar-refractivity contribution in [1.29, 1.82) is 0 Å². The molecule has 0 aromatic heterocycles. The molecule has 0 bridgehead atoms. The van der Waals surface area contributed by atoms with E-state index in [1.807, 2.05) is 12.1 Å². The fourth-order valence-corrected chi connectivity index (χ4v) is 2.41. The van der Waals surface area contributed by atoms with Crippen molar-refractivity contribution in [2.24, 2.45) is 0 Å². The first-order valence-corrected chi connectivity index (χ1v) is 5.73. The number of aliphatic hydroxyl groups is 2. The summed E-state index contributed by atoms with van der Waals surface area (Å²) in [6, 6.07) is 7.71. The Morgan fingerprint density at radius 1 is 1.07 bits per heavy atom. The number of rotatable bonds is 2. The second-order valence-electron chi connectivity index (χ2n) is 4.38. The Bertz CT molecular complexity index is 314. The van der Waals surface area contributed by atoms with Gasteiger partial charge < -0.3 is 10.2 Å². The molecule has 0 spiro atoms. The zero-order valence-corrected chi connectivity index (χ0v) is 8.89. The van der Waals surface area contributed by atoms with Crippen LogP contribution in [0, 0.1) is 0 Å². The first-order valence-electron chi connectivity index (χ1n) is 5.73. The maximum absolute atomic E-state index is 9.10. The molecule has 15 heavy (non-hydrogen) atoms. The standard InChI is InChI=1S/C13H18O2/c14-13(15)12-8-4-7-11(9-12)10-5-2-1-3-6-10/h4,7-10,13-15H,1-3,5-6H2. The molecule has 1 aliphatic rings. The van der Waals surface area contributed by atoms with Crippen LogP contribution in [0.15, 0.2) is 24.3 Å². The molecule has 1 aromatic rings. The first kappa shape index (κ1) is 10.7. The molecular weight excluding hydrogens is 188 g/mol. The maximum Gasteiger partial charge on any atom is 0.178 e. The van der Waals surface area contributed by atoms with Crippen molar-refractivity contribution in [3.8, 4) is 0 Å². The summed E-state index contributed by atoms with van der Waals surface area (Å²) in [5, 5.41) is 18.2. The van der Waals surface area contributed by atoms with Gasteiger partial charge in [0, 0.05) is 5.56 Å². The van der Waals surface area contributed by atoms with Crippen molar-refractivity contribution in [3.05, 3.63) is 35.4 Å². The molecule has 82 valence electrons. The van der Waals surface area contributed by atoms with E-state index in [0.29, 0.717) is 11.5 Å². The Morgan fingerprint density at radius 3 is 2.47 bits per heavy atom. The van der Waals surface area contributed by atoms with Crippen LogP contribution >= 0.6 is 0 Å². The van der Waals surface area contributed by atoms with Gasteiger partial charge in [0.05, 0.1) is 0 Å². The summed E-state index contributed by atoms with van der Waals surface area (Å²) in [6.07, 6.45) is 5.09. The minimum absolute atomic E-state index is 0.609. The molecule has 2 heteroatoms. The van der Waals surface area contributed by atoms with Crippen LogP contribution in [0.4, 0.5) is 0 Å². The number of hydrogen-bond donors (Lipinski definition) is 2. The molecule has 0 atom stereocenters. The average Bonchev–Trinajstić information content (AvgIpc) is 2.30. The molecule has 1 fully saturated rings. The molecular formula is C13H18O2. The van der Waals surface area contributed by atoms with Crippen LogP contribution in [0.3, 0.4) is 0 Å². The van der Waals surface area contributed by atoms with Crippen molar-refractivity contribution in [2.75, 3.05) is 0 Å². The van der Waals surface area contributed by atoms with Crippen molar-refractivity contribution >= 4 is 0 Å². The van der Waals surface area contributed by atoms with Crippen molar-refractivity contribution in [2.45, 2.75) is 44.3 Å². The van der Waals surface area contributed by atoms with Gasteiger partial charge in [-0.1, -0.05) is 43.5 Å². The highest BCUT2D eigenvalue weighted by molar-refractivity contribution is 5.27. The fraction of sp³-hybridized carbons (Fsp3) is 0.538. The molecule has 2 rings (SSSR count). The van der Waals surface area contributed by atoms with Crippen LogP contribution < -0.4 is 0 Å². The predicted molar refractivity (Wildman–Crippen MR) is 59.4 cm³/mol. The van der Waals surface area contributed by atoms with Crippen LogP contribution in [0.2, 0.25) is 0 Å². The minimum atomic E-state index is -1.34. The summed E-state index contributed by atoms with van der Waals surface area (Å²) >= 11 is 0. The summed E-state index contributed by atoms with van der Waals surface area (Å²) in [6.45, 7) is 0. The highest BCUT2D eigenvalue weighted by Gasteiger charge is 2.16. The Hall–Kier alpha value is -0.860. The molecule has 1 aliphatic carbocycles. The zero-order chi connectivity index (χ0) is 10.7. The highest BCUT2D eigenvalue weighted by Crippen LogP contribution is 2.33. The van der Waals surface area contributed by atoms with Crippen molar-refractivity contribution in [3.63, 3.8) is 0 Å². The zero-order valence-electron chi connectivity index (χ0n) is 8.89. The number of benzene rings is 1. The topological polar surface area (TPSA) is 40.5 Å². The highest BCUT2D eigenvalue weighted by atomic mass is 16.5. The lowest BCUT2D eigenvalue weighted by Gasteiger charge is -2.22. The van der Waals surface area contributed by atoms with Gasteiger partial charge in [0.2, 0.25) is 0 Å². The summed E-state index contributed by atoms with van der Waals surface area (Å²) < 4.78 is 0. The second-order valence-corrected chi connectivity index (χ2v) is 4.38. The van der Waals surface area contributed by atoms with Gasteiger partial charge in [-0.3, -0.25) is 0 Å². The van der Waals surface area contributed by atoms with Gasteiger partial charge in [-0.25, -0.2) is 0 Å². The van der Waals surface area contributed by atoms with Crippen LogP contribution in [0.25, 0.3) is 0 Å². The maximum atomic E-state index is 9.10. The second kappa shape index (κ2) is 4.77. The quantitative estimate of drug-likeness (QED) is 0.730. The lowest BCUT2D eigenvalue weighted by molar-refractivity contribution is -0.0425. The third kappa shape index (κ3) is 2.58. The molecule has 0 aliphatic heterocycles. The predicted octanol–water partition coefficient (Wildman–Crippen LogP) is 2.72. The monoisotopic (exact) mass is 206 g/mol. The molecule has 1 aromatic carbocycles. The Morgan fingerprint density at radius 2 is 1.80 bits per heavy atom. The first-order chi connectivity index (χ1) is 7.27. The molecule has 0 amide bonds. The van der Waals surface area contributed by atoms with E-state index in [1.54, 1.807) is 6.07 Å². The smallest absolute Gasteiger partial charge is 0.178 e. The lowest BCUT2D eigenvalue weighted by Crippen LogP contribution is -2.05. The van der Waals surface area contributed by atoms with E-state index >= 15 is 0 Å². The van der Waals surface area contributed by atoms with Gasteiger partial charge >= 0.3 is 0 Å². The van der Waals surface area contributed by atoms with E-state index < -0.39 is 6.29 Å². The van der Waals surface area contributed by atoms with E-state index in [9.17, 15) is 0 Å². The molecule has 2 N–H and O–H groups in total. The molecule has 1 saturated carbocycles. The third-order valence-corrected chi connectivity index (χ3v) is 3.29. The fourth-order valence-electron chi connectivity index (χ4n) is 2.41. The van der Waals surface area contributed by atoms with E-state index in [0.717, 1.165) is 0 Å². The molecule has 0 unspecified atom stereocenters. The summed E-state index contributed by atoms with van der Waals surface area (Å²) in [5.41, 5.74) is 1.87. The SMILES string of the molecule is OC(O)c1cccc(C2CCCCC2)c1. The van der Waals surface area contributed by atoms with Crippen molar-refractivity contribution < 1.29 is 10.2 Å². The van der Waals surface area contributed by atoms with Gasteiger partial charge in [-0.2, -0.15) is 0 Å². The van der Waals surface area contributed by atoms with Gasteiger partial charge in [-0.15, -0.1) is 0 Å². The van der Waals surface area contributed by atoms with Crippen LogP contribution in [0.1, 0.15) is 55.4 Å². The van der Waals surface area contributed by atoms with Gasteiger partial charge in [0.1, 0.15) is 0 Å². The Balaban J connectivity index is 2.16. The molecule has 2 nitrogen and oxygen atoms in total. The largest absolute Gasteiger partial charge is 0.364 e. The van der Waals surface area contributed by atoms with Crippen LogP contribution in [-0.4, -0.2) is 10.2 Å². The van der Waals surface area contributed by atoms with Crippen LogP contribution in [0.5, 0.6) is 0 Å². The minimum Gasteiger partial charge on any atom is -0.364 e. The molecule has 0 saturated heterocycles. The van der Waals surface area contributed by atoms with E-state index in [1.165, 1.54) is 37.7 Å². The normalized spacial score (nSPS) is 18.3. The Kier molecular flexibility index (Phi) is 3.39. The molecule has 0 heterocycles. The summed E-state index contributed by atoms with van der Waals surface area (Å²) in [5.74, 6) is 0.623. The van der Waals surface area contributed by atoms with Gasteiger partial charge in [-0.05, 0) is 24.3 Å². The van der Waals surface area contributed by atoms with Gasteiger partial charge in [0.15, 0.2) is 6.29 Å². The van der Waals surface area contributed by atoms with Crippen LogP contribution in [-0.2, 0) is 0 Å². The number of hydrogen-bond acceptors (Lipinski definition) is 2. The van der Waals surface area contributed by atoms with Gasteiger partial charge in [0.25, 0.3) is 0 Å². The Labute approximate surface area is 90.6 Å². The lowest BCUT2D eigenvalue weighted by atomic mass is 9.83.